The van der Waals surface area contributed by atoms with Crippen LogP contribution in [-0.2, 0) is 6.54 Å². The van der Waals surface area contributed by atoms with Crippen molar-refractivity contribution in [1.29, 1.82) is 0 Å². The Labute approximate surface area is 125 Å². The minimum absolute atomic E-state index is 0.177. The van der Waals surface area contributed by atoms with Gasteiger partial charge >= 0.3 is 6.36 Å². The lowest BCUT2D eigenvalue weighted by molar-refractivity contribution is -0.274. The van der Waals surface area contributed by atoms with Crippen LogP contribution in [-0.4, -0.2) is 6.36 Å². The summed E-state index contributed by atoms with van der Waals surface area (Å²) in [6.45, 7) is 2.04. The minimum Gasteiger partial charge on any atom is -0.405 e. The van der Waals surface area contributed by atoms with E-state index >= 15 is 0 Å². The van der Waals surface area contributed by atoms with Crippen molar-refractivity contribution in [3.8, 4) is 5.75 Å². The maximum Gasteiger partial charge on any atom is 0.573 e. The molecule has 0 radical (unpaired) electrons. The molecule has 2 aromatic carbocycles. The molecule has 0 aliphatic rings. The van der Waals surface area contributed by atoms with E-state index in [0.717, 1.165) is 5.56 Å². The van der Waals surface area contributed by atoms with Gasteiger partial charge in [-0.1, -0.05) is 41.9 Å². The number of ether oxygens (including phenoxy) is 1. The van der Waals surface area contributed by atoms with Crippen molar-refractivity contribution in [3.63, 3.8) is 0 Å². The Hall–Kier alpha value is -1.88. The number of rotatable bonds is 4. The molecule has 0 atom stereocenters. The molecule has 0 amide bonds. The van der Waals surface area contributed by atoms with E-state index in [1.54, 1.807) is 18.2 Å². The number of aryl methyl sites for hydroxylation is 1. The molecule has 0 unspecified atom stereocenters. The average Bonchev–Trinajstić information content (AvgIpc) is 2.38. The first-order valence-electron chi connectivity index (χ1n) is 6.19. The molecule has 0 fully saturated rings. The number of benzene rings is 2. The van der Waals surface area contributed by atoms with Crippen LogP contribution in [0, 0.1) is 6.92 Å². The largest absolute Gasteiger partial charge is 0.573 e. The van der Waals surface area contributed by atoms with Crippen molar-refractivity contribution in [2.45, 2.75) is 19.8 Å². The second-order valence-electron chi connectivity index (χ2n) is 4.44. The molecular weight excluding hydrogens is 303 g/mol. The smallest absolute Gasteiger partial charge is 0.405 e. The normalized spacial score (nSPS) is 11.3. The molecular formula is C15H13ClF3NO. The van der Waals surface area contributed by atoms with Gasteiger partial charge in [0.15, 0.2) is 0 Å². The summed E-state index contributed by atoms with van der Waals surface area (Å²) in [5, 5.41) is 3.56. The third-order valence-electron chi connectivity index (χ3n) is 2.88. The Bertz CT molecular complexity index is 608. The van der Waals surface area contributed by atoms with Crippen molar-refractivity contribution in [1.82, 2.24) is 0 Å². The second-order valence-corrected chi connectivity index (χ2v) is 4.85. The summed E-state index contributed by atoms with van der Waals surface area (Å²) in [5.41, 5.74) is 2.01. The zero-order chi connectivity index (χ0) is 15.5. The van der Waals surface area contributed by atoms with Gasteiger partial charge in [-0.3, -0.25) is 0 Å². The first-order chi connectivity index (χ1) is 9.87. The van der Waals surface area contributed by atoms with Gasteiger partial charge in [-0.25, -0.2) is 0 Å². The second kappa shape index (κ2) is 6.26. The van der Waals surface area contributed by atoms with E-state index in [1.807, 2.05) is 19.1 Å². The number of anilines is 1. The Morgan fingerprint density at radius 1 is 1.10 bits per heavy atom. The highest BCUT2D eigenvalue weighted by molar-refractivity contribution is 6.33. The van der Waals surface area contributed by atoms with E-state index in [2.05, 4.69) is 10.1 Å². The van der Waals surface area contributed by atoms with Crippen LogP contribution in [0.4, 0.5) is 18.9 Å². The van der Waals surface area contributed by atoms with Gasteiger partial charge < -0.3 is 10.1 Å². The highest BCUT2D eigenvalue weighted by atomic mass is 35.5. The van der Waals surface area contributed by atoms with Gasteiger partial charge in [0, 0.05) is 12.1 Å². The molecule has 112 valence electrons. The Morgan fingerprint density at radius 3 is 2.48 bits per heavy atom. The van der Waals surface area contributed by atoms with Crippen LogP contribution >= 0.6 is 11.6 Å². The molecule has 0 aromatic heterocycles. The third-order valence-corrected chi connectivity index (χ3v) is 3.19. The fourth-order valence-electron chi connectivity index (χ4n) is 1.91. The van der Waals surface area contributed by atoms with Crippen molar-refractivity contribution in [3.05, 3.63) is 58.6 Å². The van der Waals surface area contributed by atoms with Gasteiger partial charge in [0.25, 0.3) is 0 Å². The number of alkyl halides is 3. The predicted octanol–water partition coefficient (Wildman–Crippen LogP) is 5.16. The van der Waals surface area contributed by atoms with Gasteiger partial charge in [0.1, 0.15) is 5.75 Å². The van der Waals surface area contributed by atoms with E-state index in [4.69, 9.17) is 11.6 Å². The van der Waals surface area contributed by atoms with E-state index in [9.17, 15) is 13.2 Å². The summed E-state index contributed by atoms with van der Waals surface area (Å²) < 4.78 is 41.1. The molecule has 0 heterocycles. The number of nitrogens with one attached hydrogen (secondary N) is 1. The summed E-state index contributed by atoms with van der Waals surface area (Å²) in [5.74, 6) is -0.220. The lowest BCUT2D eigenvalue weighted by atomic mass is 10.1. The topological polar surface area (TPSA) is 21.3 Å². The summed E-state index contributed by atoms with van der Waals surface area (Å²) in [4.78, 5) is 0. The van der Waals surface area contributed by atoms with E-state index in [0.29, 0.717) is 16.3 Å². The number of hydrogen-bond donors (Lipinski definition) is 1. The standard InChI is InChI=1S/C15H13ClF3NO/c1-10-5-4-7-12(16)14(10)20-9-11-6-2-3-8-13(11)21-15(17,18)19/h2-8,20H,9H2,1H3. The molecule has 6 heteroatoms. The molecule has 2 rings (SSSR count). The van der Waals surface area contributed by atoms with Gasteiger partial charge in [-0.05, 0) is 24.6 Å². The highest BCUT2D eigenvalue weighted by Gasteiger charge is 2.31. The first-order valence-corrected chi connectivity index (χ1v) is 6.57. The molecule has 0 bridgehead atoms. The molecule has 1 N–H and O–H groups in total. The fourth-order valence-corrected chi connectivity index (χ4v) is 2.20. The molecule has 2 aromatic rings. The van der Waals surface area contributed by atoms with Crippen LogP contribution < -0.4 is 10.1 Å². The summed E-state index contributed by atoms with van der Waals surface area (Å²) >= 11 is 6.07. The minimum atomic E-state index is -4.71. The van der Waals surface area contributed by atoms with Crippen molar-refractivity contribution in [2.24, 2.45) is 0 Å². The zero-order valence-electron chi connectivity index (χ0n) is 11.2. The van der Waals surface area contributed by atoms with E-state index in [-0.39, 0.29) is 12.3 Å². The molecule has 2 nitrogen and oxygen atoms in total. The van der Waals surface area contributed by atoms with Crippen LogP contribution in [0.2, 0.25) is 5.02 Å². The van der Waals surface area contributed by atoms with E-state index < -0.39 is 6.36 Å². The van der Waals surface area contributed by atoms with Gasteiger partial charge in [0.05, 0.1) is 10.7 Å². The van der Waals surface area contributed by atoms with Crippen LogP contribution in [0.5, 0.6) is 5.75 Å². The quantitative estimate of drug-likeness (QED) is 0.841. The van der Waals surface area contributed by atoms with Crippen LogP contribution in [0.1, 0.15) is 11.1 Å². The van der Waals surface area contributed by atoms with Crippen LogP contribution in [0.15, 0.2) is 42.5 Å². The molecule has 0 aliphatic heterocycles. The molecule has 0 spiro atoms. The molecule has 0 saturated carbocycles. The Balaban J connectivity index is 2.17. The highest BCUT2D eigenvalue weighted by Crippen LogP contribution is 2.29. The predicted molar refractivity (Wildman–Crippen MR) is 76.6 cm³/mol. The van der Waals surface area contributed by atoms with Gasteiger partial charge in [0.2, 0.25) is 0 Å². The van der Waals surface area contributed by atoms with Crippen molar-refractivity contribution < 1.29 is 17.9 Å². The summed E-state index contributed by atoms with van der Waals surface area (Å²) in [6, 6.07) is 11.4. The Morgan fingerprint density at radius 2 is 1.81 bits per heavy atom. The van der Waals surface area contributed by atoms with Crippen molar-refractivity contribution >= 4 is 17.3 Å². The monoisotopic (exact) mass is 315 g/mol. The summed E-state index contributed by atoms with van der Waals surface area (Å²) in [7, 11) is 0. The van der Waals surface area contributed by atoms with Crippen LogP contribution in [0.3, 0.4) is 0 Å². The van der Waals surface area contributed by atoms with Gasteiger partial charge in [-0.15, -0.1) is 13.2 Å². The van der Waals surface area contributed by atoms with Gasteiger partial charge in [-0.2, -0.15) is 0 Å². The molecule has 0 saturated heterocycles. The third kappa shape index (κ3) is 4.29. The lowest BCUT2D eigenvalue weighted by Gasteiger charge is -2.15. The zero-order valence-corrected chi connectivity index (χ0v) is 11.9. The lowest BCUT2D eigenvalue weighted by Crippen LogP contribution is -2.18. The average molecular weight is 316 g/mol. The molecule has 21 heavy (non-hydrogen) atoms. The fraction of sp³-hybridized carbons (Fsp3) is 0.200. The number of halogens is 4. The van der Waals surface area contributed by atoms with E-state index in [1.165, 1.54) is 12.1 Å². The number of hydrogen-bond acceptors (Lipinski definition) is 2. The Kier molecular flexibility index (Phi) is 4.63. The molecule has 0 aliphatic carbocycles. The van der Waals surface area contributed by atoms with Crippen LogP contribution in [0.25, 0.3) is 0 Å². The first kappa shape index (κ1) is 15.5. The maximum absolute atomic E-state index is 12.3. The maximum atomic E-state index is 12.3. The summed E-state index contributed by atoms with van der Waals surface area (Å²) in [6.07, 6.45) is -4.71. The van der Waals surface area contributed by atoms with Crippen molar-refractivity contribution in [2.75, 3.05) is 5.32 Å². The number of para-hydroxylation sites is 2. The SMILES string of the molecule is Cc1cccc(Cl)c1NCc1ccccc1OC(F)(F)F.